The van der Waals surface area contributed by atoms with E-state index in [9.17, 15) is 4.79 Å². The molecular weight excluding hydrogens is 338 g/mol. The minimum Gasteiger partial charge on any atom is -0.361 e. The molecule has 0 radical (unpaired) electrons. The zero-order valence-electron chi connectivity index (χ0n) is 14.9. The molecule has 0 saturated carbocycles. The molecule has 0 unspecified atom stereocenters. The Morgan fingerprint density at radius 2 is 2.08 bits per heavy atom. The molecule has 2 atom stereocenters. The maximum absolute atomic E-state index is 13.0. The van der Waals surface area contributed by atoms with Gasteiger partial charge in [-0.3, -0.25) is 4.79 Å². The van der Waals surface area contributed by atoms with Crippen LogP contribution in [0.1, 0.15) is 41.8 Å². The van der Waals surface area contributed by atoms with E-state index in [-0.39, 0.29) is 17.9 Å². The van der Waals surface area contributed by atoms with Crippen molar-refractivity contribution in [3.8, 4) is 0 Å². The standard InChI is InChI=1S/C17H23N5O2S/c1-4-15-18-19-17(25-15)21-7-12-5-6-13(8-21)22(16(12)23)9-14-10(2)20-24-11(14)3/h12-13H,4-9H2,1-3H3/t12-,13+/m1/s1. The maximum Gasteiger partial charge on any atom is 0.228 e. The topological polar surface area (TPSA) is 75.4 Å². The van der Waals surface area contributed by atoms with Crippen molar-refractivity contribution in [1.29, 1.82) is 0 Å². The fourth-order valence-corrected chi connectivity index (χ4v) is 4.61. The highest BCUT2D eigenvalue weighted by atomic mass is 32.1. The Balaban J connectivity index is 1.58. The van der Waals surface area contributed by atoms with Gasteiger partial charge in [-0.1, -0.05) is 23.4 Å². The van der Waals surface area contributed by atoms with Crippen LogP contribution in [0.15, 0.2) is 4.52 Å². The monoisotopic (exact) mass is 361 g/mol. The Hall–Kier alpha value is -1.96. The number of fused-ring (bicyclic) bond motifs is 4. The third-order valence-corrected chi connectivity index (χ3v) is 6.46. The van der Waals surface area contributed by atoms with Gasteiger partial charge in [-0.15, -0.1) is 10.2 Å². The van der Waals surface area contributed by atoms with E-state index in [1.54, 1.807) is 11.3 Å². The van der Waals surface area contributed by atoms with Crippen LogP contribution in [-0.4, -0.2) is 45.3 Å². The second-order valence-electron chi connectivity index (χ2n) is 6.93. The zero-order chi connectivity index (χ0) is 17.6. The summed E-state index contributed by atoms with van der Waals surface area (Å²) in [6.45, 7) is 8.09. The number of carbonyl (C=O) groups is 1. The van der Waals surface area contributed by atoms with Crippen LogP contribution in [-0.2, 0) is 17.8 Å². The molecule has 0 spiro atoms. The predicted molar refractivity (Wildman–Crippen MR) is 94.5 cm³/mol. The smallest absolute Gasteiger partial charge is 0.228 e. The molecule has 0 aliphatic carbocycles. The van der Waals surface area contributed by atoms with Crippen molar-refractivity contribution in [1.82, 2.24) is 20.3 Å². The van der Waals surface area contributed by atoms with Crippen LogP contribution in [0.4, 0.5) is 5.13 Å². The molecule has 3 saturated heterocycles. The summed E-state index contributed by atoms with van der Waals surface area (Å²) in [7, 11) is 0. The van der Waals surface area contributed by atoms with Crippen molar-refractivity contribution in [2.75, 3.05) is 18.0 Å². The van der Waals surface area contributed by atoms with Crippen molar-refractivity contribution in [2.24, 2.45) is 5.92 Å². The molecule has 3 aliphatic heterocycles. The van der Waals surface area contributed by atoms with Crippen LogP contribution in [0.5, 0.6) is 0 Å². The van der Waals surface area contributed by atoms with Gasteiger partial charge in [0.05, 0.1) is 18.2 Å². The SMILES string of the molecule is CCc1nnc(N2C[C@H]3CC[C@@H](C2)N(Cc2c(C)noc2C)C3=O)s1. The van der Waals surface area contributed by atoms with E-state index in [0.717, 1.165) is 59.5 Å². The fourth-order valence-electron chi connectivity index (χ4n) is 3.82. The summed E-state index contributed by atoms with van der Waals surface area (Å²) < 4.78 is 5.27. The molecule has 1 amide bonds. The second kappa shape index (κ2) is 6.40. The summed E-state index contributed by atoms with van der Waals surface area (Å²) in [5, 5.41) is 14.6. The molecule has 2 aromatic heterocycles. The zero-order valence-corrected chi connectivity index (χ0v) is 15.7. The highest BCUT2D eigenvalue weighted by Gasteiger charge is 2.41. The number of piperidine rings is 1. The van der Waals surface area contributed by atoms with Gasteiger partial charge >= 0.3 is 0 Å². The molecule has 134 valence electrons. The number of nitrogens with zero attached hydrogens (tertiary/aromatic N) is 5. The first-order chi connectivity index (χ1) is 12.1. The van der Waals surface area contributed by atoms with Crippen LogP contribution in [0, 0.1) is 19.8 Å². The lowest BCUT2D eigenvalue weighted by molar-refractivity contribution is -0.140. The lowest BCUT2D eigenvalue weighted by Gasteiger charge is -2.35. The van der Waals surface area contributed by atoms with E-state index in [2.05, 4.69) is 27.2 Å². The molecule has 2 aromatic rings. The molecule has 5 heterocycles. The first kappa shape index (κ1) is 16.5. The van der Waals surface area contributed by atoms with Gasteiger partial charge in [0.25, 0.3) is 0 Å². The molecule has 7 nitrogen and oxygen atoms in total. The van der Waals surface area contributed by atoms with E-state index < -0.39 is 0 Å². The van der Waals surface area contributed by atoms with Crippen molar-refractivity contribution in [3.63, 3.8) is 0 Å². The fraction of sp³-hybridized carbons (Fsp3) is 0.647. The number of carbonyl (C=O) groups excluding carboxylic acids is 1. The predicted octanol–water partition coefficient (Wildman–Crippen LogP) is 2.33. The Morgan fingerprint density at radius 1 is 1.24 bits per heavy atom. The van der Waals surface area contributed by atoms with Gasteiger partial charge in [-0.05, 0) is 33.1 Å². The first-order valence-electron chi connectivity index (χ1n) is 8.86. The van der Waals surface area contributed by atoms with Crippen LogP contribution in [0.3, 0.4) is 0 Å². The van der Waals surface area contributed by atoms with E-state index in [4.69, 9.17) is 4.52 Å². The first-order valence-corrected chi connectivity index (χ1v) is 9.68. The lowest BCUT2D eigenvalue weighted by Crippen LogP contribution is -2.47. The Bertz CT molecular complexity index is 766. The normalized spacial score (nSPS) is 23.4. The number of amides is 1. The maximum atomic E-state index is 13.0. The number of hydrogen-bond acceptors (Lipinski definition) is 7. The Kier molecular flexibility index (Phi) is 4.23. The van der Waals surface area contributed by atoms with E-state index in [1.165, 1.54) is 0 Å². The molecule has 5 rings (SSSR count). The van der Waals surface area contributed by atoms with Gasteiger partial charge in [0, 0.05) is 24.7 Å². The van der Waals surface area contributed by atoms with Gasteiger partial charge in [0.2, 0.25) is 11.0 Å². The largest absolute Gasteiger partial charge is 0.361 e. The van der Waals surface area contributed by atoms with Crippen molar-refractivity contribution < 1.29 is 9.32 Å². The quantitative estimate of drug-likeness (QED) is 0.832. The lowest BCUT2D eigenvalue weighted by atomic mass is 9.93. The van der Waals surface area contributed by atoms with Gasteiger partial charge < -0.3 is 14.3 Å². The summed E-state index contributed by atoms with van der Waals surface area (Å²) in [6.07, 6.45) is 2.89. The van der Waals surface area contributed by atoms with Gasteiger partial charge in [-0.25, -0.2) is 0 Å². The summed E-state index contributed by atoms with van der Waals surface area (Å²) in [4.78, 5) is 17.3. The van der Waals surface area contributed by atoms with Crippen LogP contribution in [0.25, 0.3) is 0 Å². The Labute approximate surface area is 151 Å². The van der Waals surface area contributed by atoms with Crippen molar-refractivity contribution >= 4 is 22.4 Å². The molecular formula is C17H23N5O2S. The van der Waals surface area contributed by atoms with Crippen molar-refractivity contribution in [2.45, 2.75) is 52.6 Å². The van der Waals surface area contributed by atoms with E-state index in [1.807, 2.05) is 18.7 Å². The number of aryl methyl sites for hydroxylation is 3. The molecule has 0 aromatic carbocycles. The third kappa shape index (κ3) is 2.92. The average molecular weight is 361 g/mol. The van der Waals surface area contributed by atoms with Crippen LogP contribution >= 0.6 is 11.3 Å². The number of aromatic nitrogens is 3. The summed E-state index contributed by atoms with van der Waals surface area (Å²) >= 11 is 1.64. The Morgan fingerprint density at radius 3 is 2.76 bits per heavy atom. The highest BCUT2D eigenvalue weighted by molar-refractivity contribution is 7.15. The minimum absolute atomic E-state index is 0.0354. The number of anilines is 1. The van der Waals surface area contributed by atoms with Crippen LogP contribution < -0.4 is 4.90 Å². The van der Waals surface area contributed by atoms with Crippen molar-refractivity contribution in [3.05, 3.63) is 22.0 Å². The van der Waals surface area contributed by atoms with E-state index >= 15 is 0 Å². The summed E-state index contributed by atoms with van der Waals surface area (Å²) in [5.41, 5.74) is 1.91. The minimum atomic E-state index is 0.0354. The van der Waals surface area contributed by atoms with Gasteiger partial charge in [0.1, 0.15) is 10.8 Å². The van der Waals surface area contributed by atoms with Gasteiger partial charge in [-0.2, -0.15) is 0 Å². The molecule has 3 fully saturated rings. The molecule has 2 bridgehead atoms. The molecule has 25 heavy (non-hydrogen) atoms. The third-order valence-electron chi connectivity index (χ3n) is 5.33. The summed E-state index contributed by atoms with van der Waals surface area (Å²) in [6, 6.07) is 0.203. The average Bonchev–Trinajstić information content (AvgIpc) is 3.10. The van der Waals surface area contributed by atoms with Gasteiger partial charge in [0.15, 0.2) is 0 Å². The molecule has 0 N–H and O–H groups in total. The second-order valence-corrected chi connectivity index (χ2v) is 7.97. The summed E-state index contributed by atoms with van der Waals surface area (Å²) in [5.74, 6) is 1.09. The highest BCUT2D eigenvalue weighted by Crippen LogP contribution is 2.34. The molecule has 8 heteroatoms. The van der Waals surface area contributed by atoms with Crippen LogP contribution in [0.2, 0.25) is 0 Å². The molecule has 3 aliphatic rings. The van der Waals surface area contributed by atoms with E-state index in [0.29, 0.717) is 6.54 Å². The number of rotatable bonds is 4. The number of hydrogen-bond donors (Lipinski definition) is 0.